The number of halogens is 1. The molecule has 1 fully saturated rings. The predicted molar refractivity (Wildman–Crippen MR) is 90.9 cm³/mol. The highest BCUT2D eigenvalue weighted by Crippen LogP contribution is 2.39. The SMILES string of the molecule is Cc1c(C(=O)NCC2(C)CCC2)nnn1CCOc1ccc(F)cc1. The maximum atomic E-state index is 12.9. The maximum Gasteiger partial charge on any atom is 0.273 e. The lowest BCUT2D eigenvalue weighted by Gasteiger charge is -2.38. The Kier molecular flexibility index (Phi) is 5.01. The van der Waals surface area contributed by atoms with Gasteiger partial charge in [0.2, 0.25) is 0 Å². The third-order valence-corrected chi connectivity index (χ3v) is 4.82. The number of hydrogen-bond acceptors (Lipinski definition) is 4. The van der Waals surface area contributed by atoms with Gasteiger partial charge in [-0.2, -0.15) is 0 Å². The molecule has 1 saturated carbocycles. The van der Waals surface area contributed by atoms with Crippen molar-refractivity contribution in [3.8, 4) is 5.75 Å². The van der Waals surface area contributed by atoms with Crippen LogP contribution in [0, 0.1) is 18.2 Å². The van der Waals surface area contributed by atoms with Gasteiger partial charge in [0.15, 0.2) is 5.69 Å². The van der Waals surface area contributed by atoms with Gasteiger partial charge in [-0.1, -0.05) is 18.6 Å². The average Bonchev–Trinajstić information content (AvgIpc) is 2.94. The normalized spacial score (nSPS) is 15.5. The summed E-state index contributed by atoms with van der Waals surface area (Å²) < 4.78 is 20.0. The van der Waals surface area contributed by atoms with Gasteiger partial charge >= 0.3 is 0 Å². The molecular weight excluding hydrogens is 323 g/mol. The summed E-state index contributed by atoms with van der Waals surface area (Å²) in [5.41, 5.74) is 1.28. The number of carbonyl (C=O) groups excluding carboxylic acids is 1. The van der Waals surface area contributed by atoms with Crippen molar-refractivity contribution in [2.45, 2.75) is 39.7 Å². The summed E-state index contributed by atoms with van der Waals surface area (Å²) in [6.07, 6.45) is 3.54. The monoisotopic (exact) mass is 346 g/mol. The van der Waals surface area contributed by atoms with Crippen LogP contribution in [0.2, 0.25) is 0 Å². The van der Waals surface area contributed by atoms with Crippen LogP contribution < -0.4 is 10.1 Å². The molecule has 1 N–H and O–H groups in total. The summed E-state index contributed by atoms with van der Waals surface area (Å²) in [5, 5.41) is 11.0. The first-order valence-electron chi connectivity index (χ1n) is 8.53. The zero-order valence-corrected chi connectivity index (χ0v) is 14.6. The molecule has 0 bridgehead atoms. The van der Waals surface area contributed by atoms with E-state index in [4.69, 9.17) is 4.74 Å². The minimum Gasteiger partial charge on any atom is -0.492 e. The van der Waals surface area contributed by atoms with Crippen molar-refractivity contribution in [3.63, 3.8) is 0 Å². The fourth-order valence-corrected chi connectivity index (χ4v) is 2.90. The van der Waals surface area contributed by atoms with Gasteiger partial charge in [-0.15, -0.1) is 5.10 Å². The van der Waals surface area contributed by atoms with E-state index < -0.39 is 0 Å². The second kappa shape index (κ2) is 7.21. The molecule has 0 radical (unpaired) electrons. The molecule has 1 heterocycles. The molecule has 1 aromatic heterocycles. The Morgan fingerprint density at radius 3 is 2.72 bits per heavy atom. The summed E-state index contributed by atoms with van der Waals surface area (Å²) >= 11 is 0. The fraction of sp³-hybridized carbons (Fsp3) is 0.500. The Morgan fingerprint density at radius 1 is 1.36 bits per heavy atom. The maximum absolute atomic E-state index is 12.9. The van der Waals surface area contributed by atoms with E-state index >= 15 is 0 Å². The van der Waals surface area contributed by atoms with Crippen LogP contribution in [-0.2, 0) is 6.54 Å². The van der Waals surface area contributed by atoms with Gasteiger partial charge < -0.3 is 10.1 Å². The molecule has 0 atom stereocenters. The van der Waals surface area contributed by atoms with E-state index in [1.165, 1.54) is 18.6 Å². The molecular formula is C18H23FN4O2. The van der Waals surface area contributed by atoms with Crippen LogP contribution in [0.3, 0.4) is 0 Å². The molecule has 1 aromatic carbocycles. The molecule has 0 spiro atoms. The van der Waals surface area contributed by atoms with E-state index in [0.29, 0.717) is 36.8 Å². The van der Waals surface area contributed by atoms with Crippen LogP contribution in [-0.4, -0.2) is 34.1 Å². The molecule has 134 valence electrons. The molecule has 3 rings (SSSR count). The lowest BCUT2D eigenvalue weighted by atomic mass is 9.70. The lowest BCUT2D eigenvalue weighted by molar-refractivity contribution is 0.0885. The zero-order valence-electron chi connectivity index (χ0n) is 14.6. The third-order valence-electron chi connectivity index (χ3n) is 4.82. The molecule has 7 heteroatoms. The van der Waals surface area contributed by atoms with Crippen LogP contribution in [0.4, 0.5) is 4.39 Å². The van der Waals surface area contributed by atoms with Crippen molar-refractivity contribution in [2.75, 3.05) is 13.2 Å². The first-order chi connectivity index (χ1) is 12.0. The van der Waals surface area contributed by atoms with Crippen molar-refractivity contribution in [3.05, 3.63) is 41.5 Å². The van der Waals surface area contributed by atoms with Crippen molar-refractivity contribution >= 4 is 5.91 Å². The first kappa shape index (κ1) is 17.4. The van der Waals surface area contributed by atoms with Gasteiger partial charge in [-0.3, -0.25) is 4.79 Å². The van der Waals surface area contributed by atoms with Gasteiger partial charge in [0.05, 0.1) is 12.2 Å². The number of nitrogens with one attached hydrogen (secondary N) is 1. The number of rotatable bonds is 7. The Balaban J connectivity index is 1.51. The smallest absolute Gasteiger partial charge is 0.273 e. The molecule has 0 unspecified atom stereocenters. The van der Waals surface area contributed by atoms with Crippen LogP contribution >= 0.6 is 0 Å². The van der Waals surface area contributed by atoms with E-state index in [1.54, 1.807) is 16.8 Å². The summed E-state index contributed by atoms with van der Waals surface area (Å²) in [7, 11) is 0. The van der Waals surface area contributed by atoms with E-state index in [1.807, 2.05) is 6.92 Å². The topological polar surface area (TPSA) is 69.0 Å². The average molecular weight is 346 g/mol. The molecule has 1 amide bonds. The minimum atomic E-state index is -0.300. The summed E-state index contributed by atoms with van der Waals surface area (Å²) in [5.74, 6) is 0.105. The number of benzene rings is 1. The minimum absolute atomic E-state index is 0.184. The highest BCUT2D eigenvalue weighted by Gasteiger charge is 2.32. The standard InChI is InChI=1S/C18H23FN4O2/c1-13-16(17(24)20-12-18(2)8-3-9-18)21-22-23(13)10-11-25-15-6-4-14(19)5-7-15/h4-7H,3,8-12H2,1-2H3,(H,20,24). The van der Waals surface area contributed by atoms with Crippen molar-refractivity contribution in [1.29, 1.82) is 0 Å². The molecule has 1 aliphatic carbocycles. The number of aromatic nitrogens is 3. The molecule has 0 aliphatic heterocycles. The number of ether oxygens (including phenoxy) is 1. The van der Waals surface area contributed by atoms with Crippen LogP contribution in [0.15, 0.2) is 24.3 Å². The van der Waals surface area contributed by atoms with E-state index in [2.05, 4.69) is 22.6 Å². The second-order valence-corrected chi connectivity index (χ2v) is 6.90. The van der Waals surface area contributed by atoms with E-state index in [9.17, 15) is 9.18 Å². The largest absolute Gasteiger partial charge is 0.492 e. The van der Waals surface area contributed by atoms with E-state index in [0.717, 1.165) is 12.8 Å². The molecule has 0 saturated heterocycles. The number of nitrogens with zero attached hydrogens (tertiary/aromatic N) is 3. The number of amides is 1. The van der Waals surface area contributed by atoms with Crippen LogP contribution in [0.1, 0.15) is 42.4 Å². The Hall–Kier alpha value is -2.44. The van der Waals surface area contributed by atoms with Crippen LogP contribution in [0.25, 0.3) is 0 Å². The first-order valence-corrected chi connectivity index (χ1v) is 8.53. The molecule has 6 nitrogen and oxygen atoms in total. The van der Waals surface area contributed by atoms with Crippen molar-refractivity contribution < 1.29 is 13.9 Å². The van der Waals surface area contributed by atoms with Gasteiger partial charge in [0, 0.05) is 6.54 Å². The third kappa shape index (κ3) is 4.15. The van der Waals surface area contributed by atoms with Crippen LogP contribution in [0.5, 0.6) is 5.75 Å². The van der Waals surface area contributed by atoms with Gasteiger partial charge in [-0.25, -0.2) is 9.07 Å². The highest BCUT2D eigenvalue weighted by molar-refractivity contribution is 5.93. The van der Waals surface area contributed by atoms with Gasteiger partial charge in [0.25, 0.3) is 5.91 Å². The number of hydrogen-bond donors (Lipinski definition) is 1. The fourth-order valence-electron chi connectivity index (χ4n) is 2.90. The molecule has 1 aliphatic rings. The van der Waals surface area contributed by atoms with Gasteiger partial charge in [-0.05, 0) is 49.4 Å². The summed E-state index contributed by atoms with van der Waals surface area (Å²) in [6.45, 7) is 5.49. The quantitative estimate of drug-likeness (QED) is 0.837. The molecule has 25 heavy (non-hydrogen) atoms. The van der Waals surface area contributed by atoms with Crippen molar-refractivity contribution in [1.82, 2.24) is 20.3 Å². The Labute approximate surface area is 146 Å². The summed E-state index contributed by atoms with van der Waals surface area (Å²) in [4.78, 5) is 12.3. The van der Waals surface area contributed by atoms with E-state index in [-0.39, 0.29) is 17.1 Å². The Morgan fingerprint density at radius 2 is 2.08 bits per heavy atom. The zero-order chi connectivity index (χ0) is 17.9. The highest BCUT2D eigenvalue weighted by atomic mass is 19.1. The lowest BCUT2D eigenvalue weighted by Crippen LogP contribution is -2.40. The van der Waals surface area contributed by atoms with Gasteiger partial charge in [0.1, 0.15) is 18.2 Å². The summed E-state index contributed by atoms with van der Waals surface area (Å²) in [6, 6.07) is 5.84. The Bertz CT molecular complexity index is 738. The second-order valence-electron chi connectivity index (χ2n) is 6.90. The predicted octanol–water partition coefficient (Wildman–Crippen LogP) is 2.72. The van der Waals surface area contributed by atoms with Crippen molar-refractivity contribution in [2.24, 2.45) is 5.41 Å². The number of carbonyl (C=O) groups is 1. The molecule has 2 aromatic rings.